The average Bonchev–Trinajstić information content (AvgIpc) is 1.82. The van der Waals surface area contributed by atoms with Crippen molar-refractivity contribution in [1.29, 1.82) is 0 Å². The van der Waals surface area contributed by atoms with Crippen molar-refractivity contribution in [3.63, 3.8) is 0 Å². The molecule has 1 unspecified atom stereocenters. The van der Waals surface area contributed by atoms with Gasteiger partial charge in [0.15, 0.2) is 0 Å². The van der Waals surface area contributed by atoms with Crippen LogP contribution in [-0.4, -0.2) is 24.3 Å². The van der Waals surface area contributed by atoms with Gasteiger partial charge in [0, 0.05) is 6.42 Å². The Hall–Kier alpha value is -0.960. The van der Waals surface area contributed by atoms with Gasteiger partial charge in [-0.25, -0.2) is 0 Å². The van der Waals surface area contributed by atoms with Gasteiger partial charge in [-0.2, -0.15) is 0 Å². The topological polar surface area (TPSA) is 43.4 Å². The lowest BCUT2D eigenvalue weighted by Gasteiger charge is -2.23. The predicted molar refractivity (Wildman–Crippen MR) is 39.2 cm³/mol. The van der Waals surface area contributed by atoms with E-state index in [0.29, 0.717) is 13.0 Å². The highest BCUT2D eigenvalue weighted by atomic mass is 16.5. The molecule has 11 heavy (non-hydrogen) atoms. The molecule has 1 atom stereocenters. The second-order valence-electron chi connectivity index (χ2n) is 2.62. The Bertz CT molecular complexity index is 213. The van der Waals surface area contributed by atoms with Crippen LogP contribution in [-0.2, 0) is 14.3 Å². The Kier molecular flexibility index (Phi) is 2.19. The molecule has 0 N–H and O–H groups in total. The van der Waals surface area contributed by atoms with Crippen LogP contribution in [0.25, 0.3) is 0 Å². The molecule has 0 saturated carbocycles. The number of rotatable bonds is 3. The van der Waals surface area contributed by atoms with Crippen LogP contribution in [0, 0.1) is 0 Å². The van der Waals surface area contributed by atoms with Crippen molar-refractivity contribution in [3.8, 4) is 0 Å². The highest BCUT2D eigenvalue weighted by Gasteiger charge is 2.31. The van der Waals surface area contributed by atoms with Crippen molar-refractivity contribution in [3.05, 3.63) is 12.2 Å². The molecule has 60 valence electrons. The SMILES string of the molecule is C=C(C)C(=O)C(=O)C1CCO1. The van der Waals surface area contributed by atoms with Crippen LogP contribution in [0.4, 0.5) is 0 Å². The normalized spacial score (nSPS) is 22.1. The maximum absolute atomic E-state index is 11.0. The van der Waals surface area contributed by atoms with Crippen LogP contribution in [0.1, 0.15) is 13.3 Å². The van der Waals surface area contributed by atoms with E-state index in [9.17, 15) is 9.59 Å². The first-order valence-electron chi connectivity index (χ1n) is 3.48. The van der Waals surface area contributed by atoms with Crippen LogP contribution in [0.3, 0.4) is 0 Å². The van der Waals surface area contributed by atoms with Crippen molar-refractivity contribution in [2.24, 2.45) is 0 Å². The van der Waals surface area contributed by atoms with E-state index in [0.717, 1.165) is 0 Å². The maximum atomic E-state index is 11.0. The lowest BCUT2D eigenvalue weighted by Crippen LogP contribution is -2.39. The third-order valence-electron chi connectivity index (χ3n) is 1.60. The Morgan fingerprint density at radius 2 is 2.09 bits per heavy atom. The number of carbonyl (C=O) groups excluding carboxylic acids is 2. The van der Waals surface area contributed by atoms with Gasteiger partial charge in [-0.1, -0.05) is 6.58 Å². The van der Waals surface area contributed by atoms with Crippen LogP contribution >= 0.6 is 0 Å². The molecule has 0 aromatic rings. The zero-order valence-electron chi connectivity index (χ0n) is 6.42. The fourth-order valence-electron chi connectivity index (χ4n) is 0.799. The van der Waals surface area contributed by atoms with E-state index in [1.807, 2.05) is 0 Å². The van der Waals surface area contributed by atoms with E-state index in [1.54, 1.807) is 0 Å². The largest absolute Gasteiger partial charge is 0.370 e. The summed E-state index contributed by atoms with van der Waals surface area (Å²) < 4.78 is 4.85. The lowest BCUT2D eigenvalue weighted by atomic mass is 10.0. The van der Waals surface area contributed by atoms with Crippen molar-refractivity contribution in [2.75, 3.05) is 6.61 Å². The molecule has 0 aromatic heterocycles. The summed E-state index contributed by atoms with van der Waals surface area (Å²) in [5, 5.41) is 0. The predicted octanol–water partition coefficient (Wildman–Crippen LogP) is 0.490. The number of carbonyl (C=O) groups is 2. The summed E-state index contributed by atoms with van der Waals surface area (Å²) in [6, 6.07) is 0. The van der Waals surface area contributed by atoms with Crippen molar-refractivity contribution in [2.45, 2.75) is 19.4 Å². The average molecular weight is 154 g/mol. The summed E-state index contributed by atoms with van der Waals surface area (Å²) in [5.41, 5.74) is 0.283. The van der Waals surface area contributed by atoms with E-state index in [2.05, 4.69) is 6.58 Å². The lowest BCUT2D eigenvalue weighted by molar-refractivity contribution is -0.150. The molecule has 3 nitrogen and oxygen atoms in total. The zero-order valence-corrected chi connectivity index (χ0v) is 6.42. The Morgan fingerprint density at radius 3 is 2.36 bits per heavy atom. The molecule has 1 saturated heterocycles. The van der Waals surface area contributed by atoms with Crippen LogP contribution in [0.5, 0.6) is 0 Å². The molecule has 0 bridgehead atoms. The number of hydrogen-bond donors (Lipinski definition) is 0. The molecule has 1 rings (SSSR count). The van der Waals surface area contributed by atoms with Crippen molar-refractivity contribution in [1.82, 2.24) is 0 Å². The van der Waals surface area contributed by atoms with Gasteiger partial charge in [0.1, 0.15) is 6.10 Å². The number of ether oxygens (including phenoxy) is 1. The molecule has 1 fully saturated rings. The molecule has 3 heteroatoms. The monoisotopic (exact) mass is 154 g/mol. The summed E-state index contributed by atoms with van der Waals surface area (Å²) >= 11 is 0. The van der Waals surface area contributed by atoms with Gasteiger partial charge < -0.3 is 4.74 Å². The van der Waals surface area contributed by atoms with Gasteiger partial charge in [0.25, 0.3) is 0 Å². The van der Waals surface area contributed by atoms with E-state index >= 15 is 0 Å². The number of ketones is 2. The smallest absolute Gasteiger partial charge is 0.231 e. The highest BCUT2D eigenvalue weighted by Crippen LogP contribution is 2.13. The summed E-state index contributed by atoms with van der Waals surface area (Å²) in [4.78, 5) is 22.0. The second-order valence-corrected chi connectivity index (χ2v) is 2.62. The van der Waals surface area contributed by atoms with Gasteiger partial charge >= 0.3 is 0 Å². The second kappa shape index (κ2) is 2.96. The number of allylic oxidation sites excluding steroid dienone is 1. The first-order valence-corrected chi connectivity index (χ1v) is 3.48. The Labute approximate surface area is 65.0 Å². The van der Waals surface area contributed by atoms with Crippen LogP contribution in [0.15, 0.2) is 12.2 Å². The standard InChI is InChI=1S/C8H10O3/c1-5(2)7(9)8(10)6-3-4-11-6/h6H,1,3-4H2,2H3. The zero-order chi connectivity index (χ0) is 8.43. The minimum absolute atomic E-state index is 0.283. The minimum atomic E-state index is -0.505. The fraction of sp³-hybridized carbons (Fsp3) is 0.500. The third-order valence-corrected chi connectivity index (χ3v) is 1.60. The summed E-state index contributed by atoms with van der Waals surface area (Å²) in [6.07, 6.45) is 0.178. The molecule has 0 radical (unpaired) electrons. The van der Waals surface area contributed by atoms with Crippen molar-refractivity contribution >= 4 is 11.6 Å². The third kappa shape index (κ3) is 1.54. The first-order chi connectivity index (χ1) is 5.13. The summed E-state index contributed by atoms with van der Waals surface area (Å²) in [5.74, 6) is -0.960. The molecule has 1 aliphatic heterocycles. The van der Waals surface area contributed by atoms with Gasteiger partial charge in [0.05, 0.1) is 6.61 Å². The van der Waals surface area contributed by atoms with Gasteiger partial charge in [-0.05, 0) is 12.5 Å². The Balaban J connectivity index is 2.53. The molecule has 1 heterocycles. The first kappa shape index (κ1) is 8.14. The van der Waals surface area contributed by atoms with Crippen LogP contribution in [0.2, 0.25) is 0 Å². The minimum Gasteiger partial charge on any atom is -0.370 e. The Morgan fingerprint density at radius 1 is 1.55 bits per heavy atom. The van der Waals surface area contributed by atoms with E-state index in [-0.39, 0.29) is 5.57 Å². The van der Waals surface area contributed by atoms with E-state index in [4.69, 9.17) is 4.74 Å². The van der Waals surface area contributed by atoms with Gasteiger partial charge in [-0.3, -0.25) is 9.59 Å². The summed E-state index contributed by atoms with van der Waals surface area (Å²) in [6.45, 7) is 5.50. The maximum Gasteiger partial charge on any atom is 0.231 e. The van der Waals surface area contributed by atoms with Gasteiger partial charge in [0.2, 0.25) is 11.6 Å². The van der Waals surface area contributed by atoms with Crippen LogP contribution < -0.4 is 0 Å². The molecular formula is C8H10O3. The quantitative estimate of drug-likeness (QED) is 0.439. The van der Waals surface area contributed by atoms with Crippen molar-refractivity contribution < 1.29 is 14.3 Å². The highest BCUT2D eigenvalue weighted by molar-refractivity contribution is 6.44. The molecule has 0 amide bonds. The molecule has 0 spiro atoms. The van der Waals surface area contributed by atoms with Gasteiger partial charge in [-0.15, -0.1) is 0 Å². The fourth-order valence-corrected chi connectivity index (χ4v) is 0.799. The number of Topliss-reactive ketones (excluding diaryl/α,β-unsaturated/α-hetero) is 2. The summed E-state index contributed by atoms with van der Waals surface area (Å²) in [7, 11) is 0. The molecule has 0 aliphatic carbocycles. The molecule has 0 aromatic carbocycles. The van der Waals surface area contributed by atoms with E-state index in [1.165, 1.54) is 6.92 Å². The molecule has 1 aliphatic rings. The number of hydrogen-bond acceptors (Lipinski definition) is 3. The van der Waals surface area contributed by atoms with E-state index < -0.39 is 17.7 Å². The molecular weight excluding hydrogens is 144 g/mol.